The first-order valence-electron chi connectivity index (χ1n) is 5.83. The Balaban J connectivity index is 2.47. The number of hydrogen-bond donors (Lipinski definition) is 3. The Morgan fingerprint density at radius 3 is 2.48 bits per heavy atom. The van der Waals surface area contributed by atoms with Crippen LogP contribution < -0.4 is 16.2 Å². The van der Waals surface area contributed by atoms with Gasteiger partial charge < -0.3 is 11.1 Å². The Kier molecular flexibility index (Phi) is 4.48. The lowest BCUT2D eigenvalue weighted by Crippen LogP contribution is -2.12. The molecular weight excluding hydrogens is 378 g/mol. The van der Waals surface area contributed by atoms with Crippen LogP contribution in [-0.2, 0) is 10.0 Å². The second-order valence-electron chi connectivity index (χ2n) is 4.50. The first-order valence-corrected chi connectivity index (χ1v) is 8.55. The summed E-state index contributed by atoms with van der Waals surface area (Å²) < 4.78 is 23.6. The predicted molar refractivity (Wildman–Crippen MR) is 89.4 cm³/mol. The smallest absolute Gasteiger partial charge is 0.238 e. The summed E-state index contributed by atoms with van der Waals surface area (Å²) in [6.45, 7) is 1.88. The molecule has 0 radical (unpaired) electrons. The molecule has 0 fully saturated rings. The average Bonchev–Trinajstić information content (AvgIpc) is 2.37. The first kappa shape index (κ1) is 16.1. The highest BCUT2D eigenvalue weighted by Gasteiger charge is 2.12. The number of rotatable bonds is 3. The molecule has 0 amide bonds. The lowest BCUT2D eigenvalue weighted by molar-refractivity contribution is 0.598. The summed E-state index contributed by atoms with van der Waals surface area (Å²) in [7, 11) is -3.79. The van der Waals surface area contributed by atoms with Crippen LogP contribution in [-0.4, -0.2) is 8.42 Å². The van der Waals surface area contributed by atoms with Crippen molar-refractivity contribution in [3.05, 3.63) is 45.4 Å². The van der Waals surface area contributed by atoms with Crippen molar-refractivity contribution in [2.75, 3.05) is 11.1 Å². The van der Waals surface area contributed by atoms with Crippen molar-refractivity contribution in [3.63, 3.8) is 0 Å². The van der Waals surface area contributed by atoms with Crippen LogP contribution >= 0.6 is 27.5 Å². The number of nitrogen functional groups attached to an aromatic ring is 1. The number of nitrogens with one attached hydrogen (secondary N) is 1. The van der Waals surface area contributed by atoms with Crippen LogP contribution in [0.5, 0.6) is 0 Å². The Hall–Kier alpha value is -1.28. The molecule has 0 aliphatic rings. The topological polar surface area (TPSA) is 98.2 Å². The molecule has 0 unspecified atom stereocenters. The number of halogens is 2. The van der Waals surface area contributed by atoms with Crippen LogP contribution in [0, 0.1) is 6.92 Å². The van der Waals surface area contributed by atoms with Crippen LogP contribution in [0.1, 0.15) is 5.56 Å². The number of nitrogens with two attached hydrogens (primary N) is 2. The Morgan fingerprint density at radius 1 is 1.19 bits per heavy atom. The van der Waals surface area contributed by atoms with Crippen LogP contribution in [0.3, 0.4) is 0 Å². The normalized spacial score (nSPS) is 11.4. The minimum absolute atomic E-state index is 0.0199. The highest BCUT2D eigenvalue weighted by molar-refractivity contribution is 9.10. The van der Waals surface area contributed by atoms with Gasteiger partial charge in [0.2, 0.25) is 10.0 Å². The van der Waals surface area contributed by atoms with E-state index in [0.29, 0.717) is 22.1 Å². The number of hydrogen-bond acceptors (Lipinski definition) is 4. The van der Waals surface area contributed by atoms with E-state index in [1.807, 2.05) is 13.0 Å². The van der Waals surface area contributed by atoms with E-state index in [4.69, 9.17) is 22.5 Å². The predicted octanol–water partition coefficient (Wildman–Crippen LogP) is 3.38. The van der Waals surface area contributed by atoms with Gasteiger partial charge in [-0.3, -0.25) is 0 Å². The van der Waals surface area contributed by atoms with Gasteiger partial charge in [-0.2, -0.15) is 0 Å². The molecule has 2 rings (SSSR count). The maximum Gasteiger partial charge on any atom is 0.238 e. The van der Waals surface area contributed by atoms with Gasteiger partial charge >= 0.3 is 0 Å². The summed E-state index contributed by atoms with van der Waals surface area (Å²) >= 11 is 9.50. The van der Waals surface area contributed by atoms with E-state index in [9.17, 15) is 8.42 Å². The van der Waals surface area contributed by atoms with Crippen LogP contribution in [0.15, 0.2) is 39.7 Å². The SMILES string of the molecule is Cc1cc(Br)c(Nc2cc(S(N)(=O)=O)ccc2N)cc1Cl. The summed E-state index contributed by atoms with van der Waals surface area (Å²) in [5, 5.41) is 8.75. The van der Waals surface area contributed by atoms with E-state index in [2.05, 4.69) is 21.2 Å². The highest BCUT2D eigenvalue weighted by Crippen LogP contribution is 2.33. The quantitative estimate of drug-likeness (QED) is 0.700. The summed E-state index contributed by atoms with van der Waals surface area (Å²) in [6, 6.07) is 7.79. The van der Waals surface area contributed by atoms with Gasteiger partial charge in [-0.15, -0.1) is 0 Å². The van der Waals surface area contributed by atoms with Crippen LogP contribution in [0.25, 0.3) is 0 Å². The third-order valence-corrected chi connectivity index (χ3v) is 4.85. The van der Waals surface area contributed by atoms with Gasteiger partial charge in [-0.25, -0.2) is 13.6 Å². The maximum absolute atomic E-state index is 11.4. The number of anilines is 3. The molecule has 8 heteroatoms. The molecule has 5 N–H and O–H groups in total. The van der Waals surface area contributed by atoms with Gasteiger partial charge in [0, 0.05) is 9.50 Å². The van der Waals surface area contributed by atoms with Gasteiger partial charge in [-0.05, 0) is 58.7 Å². The molecule has 0 atom stereocenters. The lowest BCUT2D eigenvalue weighted by Gasteiger charge is -2.13. The number of primary sulfonamides is 1. The van der Waals surface area contributed by atoms with Crippen LogP contribution in [0.2, 0.25) is 5.02 Å². The van der Waals surface area contributed by atoms with Gasteiger partial charge in [0.25, 0.3) is 0 Å². The van der Waals surface area contributed by atoms with E-state index in [1.54, 1.807) is 6.07 Å². The zero-order valence-corrected chi connectivity index (χ0v) is 14.2. The van der Waals surface area contributed by atoms with E-state index >= 15 is 0 Å². The standard InChI is InChI=1S/C13H13BrClN3O2S/c1-7-4-9(14)12(6-10(7)15)18-13-5-8(21(17,19)20)2-3-11(13)16/h2-6,18H,16H2,1H3,(H2,17,19,20). The van der Waals surface area contributed by atoms with E-state index in [-0.39, 0.29) is 4.90 Å². The zero-order chi connectivity index (χ0) is 15.8. The average molecular weight is 391 g/mol. The summed E-state index contributed by atoms with van der Waals surface area (Å²) in [5.74, 6) is 0. The second-order valence-corrected chi connectivity index (χ2v) is 7.32. The fourth-order valence-corrected chi connectivity index (χ4v) is 2.97. The first-order chi connectivity index (χ1) is 9.68. The highest BCUT2D eigenvalue weighted by atomic mass is 79.9. The fourth-order valence-electron chi connectivity index (χ4n) is 1.71. The monoisotopic (exact) mass is 389 g/mol. The molecule has 0 saturated heterocycles. The molecular formula is C13H13BrClN3O2S. The molecule has 21 heavy (non-hydrogen) atoms. The molecule has 112 valence electrons. The number of benzene rings is 2. The molecule has 0 aliphatic carbocycles. The van der Waals surface area contributed by atoms with E-state index in [1.165, 1.54) is 18.2 Å². The van der Waals surface area contributed by atoms with Gasteiger partial charge in [-0.1, -0.05) is 11.6 Å². The molecule has 0 aliphatic heterocycles. The van der Waals surface area contributed by atoms with E-state index < -0.39 is 10.0 Å². The summed E-state index contributed by atoms with van der Waals surface area (Å²) in [4.78, 5) is -0.0199. The zero-order valence-electron chi connectivity index (χ0n) is 11.0. The summed E-state index contributed by atoms with van der Waals surface area (Å²) in [6.07, 6.45) is 0. The van der Waals surface area contributed by atoms with Crippen molar-refractivity contribution < 1.29 is 8.42 Å². The third kappa shape index (κ3) is 3.68. The molecule has 0 spiro atoms. The Morgan fingerprint density at radius 2 is 1.86 bits per heavy atom. The van der Waals surface area contributed by atoms with Crippen molar-refractivity contribution >= 4 is 54.6 Å². The maximum atomic E-state index is 11.4. The molecule has 5 nitrogen and oxygen atoms in total. The fraction of sp³-hybridized carbons (Fsp3) is 0.0769. The van der Waals surface area contributed by atoms with Crippen molar-refractivity contribution in [3.8, 4) is 0 Å². The van der Waals surface area contributed by atoms with Crippen molar-refractivity contribution in [1.29, 1.82) is 0 Å². The van der Waals surface area contributed by atoms with E-state index in [0.717, 1.165) is 10.0 Å². The minimum atomic E-state index is -3.79. The minimum Gasteiger partial charge on any atom is -0.397 e. The molecule has 0 saturated carbocycles. The van der Waals surface area contributed by atoms with Crippen molar-refractivity contribution in [1.82, 2.24) is 0 Å². The molecule has 2 aromatic rings. The molecule has 0 heterocycles. The van der Waals surface area contributed by atoms with Crippen LogP contribution in [0.4, 0.5) is 17.1 Å². The number of sulfonamides is 1. The largest absolute Gasteiger partial charge is 0.397 e. The van der Waals surface area contributed by atoms with Gasteiger partial charge in [0.1, 0.15) is 0 Å². The number of aryl methyl sites for hydroxylation is 1. The summed E-state index contributed by atoms with van der Waals surface area (Å²) in [5.41, 5.74) is 8.27. The third-order valence-electron chi connectivity index (χ3n) is 2.87. The van der Waals surface area contributed by atoms with Gasteiger partial charge in [0.05, 0.1) is 22.0 Å². The Labute approximate surface area is 136 Å². The molecule has 0 bridgehead atoms. The van der Waals surface area contributed by atoms with Gasteiger partial charge in [0.15, 0.2) is 0 Å². The van der Waals surface area contributed by atoms with Crippen molar-refractivity contribution in [2.45, 2.75) is 11.8 Å². The Bertz CT molecular complexity index is 809. The second kappa shape index (κ2) is 5.84. The molecule has 0 aromatic heterocycles. The van der Waals surface area contributed by atoms with Crippen molar-refractivity contribution in [2.24, 2.45) is 5.14 Å². The lowest BCUT2D eigenvalue weighted by atomic mass is 10.2. The molecule has 2 aromatic carbocycles.